The van der Waals surface area contributed by atoms with Crippen LogP contribution in [0.2, 0.25) is 0 Å². The van der Waals surface area contributed by atoms with E-state index in [0.717, 1.165) is 44.7 Å². The van der Waals surface area contributed by atoms with Gasteiger partial charge in [0, 0.05) is 51.4 Å². The van der Waals surface area contributed by atoms with E-state index >= 15 is 0 Å². The van der Waals surface area contributed by atoms with Crippen LogP contribution in [0.4, 0.5) is 5.82 Å². The normalized spacial score (nSPS) is 18.8. The van der Waals surface area contributed by atoms with Gasteiger partial charge in [-0.15, -0.1) is 24.8 Å². The summed E-state index contributed by atoms with van der Waals surface area (Å²) < 4.78 is 0. The van der Waals surface area contributed by atoms with Crippen LogP contribution >= 0.6 is 24.8 Å². The minimum absolute atomic E-state index is 0. The van der Waals surface area contributed by atoms with E-state index in [1.807, 2.05) is 17.0 Å². The van der Waals surface area contributed by atoms with Crippen molar-refractivity contribution < 1.29 is 9.59 Å². The molecule has 158 valence electrons. The van der Waals surface area contributed by atoms with Gasteiger partial charge < -0.3 is 20.9 Å². The van der Waals surface area contributed by atoms with E-state index in [-0.39, 0.29) is 42.7 Å². The summed E-state index contributed by atoms with van der Waals surface area (Å²) in [5.41, 5.74) is 6.03. The van der Waals surface area contributed by atoms with Crippen molar-refractivity contribution in [3.05, 3.63) is 23.9 Å². The third kappa shape index (κ3) is 6.22. The number of piperidine rings is 1. The number of hydrogen-bond acceptors (Lipinski definition) is 5. The second-order valence-electron chi connectivity index (χ2n) is 7.09. The third-order valence-electron chi connectivity index (χ3n) is 5.22. The molecule has 3 rings (SSSR count). The van der Waals surface area contributed by atoms with Crippen molar-refractivity contribution in [1.29, 1.82) is 0 Å². The number of pyridine rings is 1. The molecule has 3 N–H and O–H groups in total. The fourth-order valence-corrected chi connectivity index (χ4v) is 3.74. The summed E-state index contributed by atoms with van der Waals surface area (Å²) in [6.07, 6.45) is 7.40. The number of carbonyl (C=O) groups is 2. The van der Waals surface area contributed by atoms with Gasteiger partial charge in [-0.1, -0.05) is 0 Å². The largest absolute Gasteiger partial charge is 0.357 e. The molecule has 9 heteroatoms. The summed E-state index contributed by atoms with van der Waals surface area (Å²) in [7, 11) is 0. The molecule has 2 aliphatic rings. The quantitative estimate of drug-likeness (QED) is 0.718. The monoisotopic (exact) mass is 431 g/mol. The molecule has 1 aromatic heterocycles. The smallest absolute Gasteiger partial charge is 0.255 e. The molecule has 0 aliphatic carbocycles. The SMILES string of the molecule is Cl.Cl.NCCC(=O)NCC1CCCCN1C(=O)c1ccc(N2CCCC2)nc1. The lowest BCUT2D eigenvalue weighted by atomic mass is 10.0. The van der Waals surface area contributed by atoms with Gasteiger partial charge in [0.05, 0.1) is 5.56 Å². The maximum atomic E-state index is 13.0. The molecule has 0 spiro atoms. The minimum atomic E-state index is -0.0536. The molecule has 2 amide bonds. The van der Waals surface area contributed by atoms with Crippen LogP contribution in [0.15, 0.2) is 18.3 Å². The van der Waals surface area contributed by atoms with Crippen molar-refractivity contribution in [3.63, 3.8) is 0 Å². The number of nitrogens with zero attached hydrogens (tertiary/aromatic N) is 3. The Hall–Kier alpha value is -1.57. The van der Waals surface area contributed by atoms with Gasteiger partial charge in [0.2, 0.25) is 5.91 Å². The summed E-state index contributed by atoms with van der Waals surface area (Å²) in [5, 5.41) is 2.90. The van der Waals surface area contributed by atoms with Crippen molar-refractivity contribution in [2.45, 2.75) is 44.6 Å². The van der Waals surface area contributed by atoms with E-state index in [4.69, 9.17) is 5.73 Å². The van der Waals surface area contributed by atoms with Gasteiger partial charge in [-0.25, -0.2) is 4.98 Å². The first-order valence-corrected chi connectivity index (χ1v) is 9.68. The van der Waals surface area contributed by atoms with Gasteiger partial charge in [-0.3, -0.25) is 9.59 Å². The minimum Gasteiger partial charge on any atom is -0.357 e. The molecule has 3 heterocycles. The molecule has 1 atom stereocenters. The highest BCUT2D eigenvalue weighted by atomic mass is 35.5. The van der Waals surface area contributed by atoms with Gasteiger partial charge >= 0.3 is 0 Å². The molecular weight excluding hydrogens is 401 g/mol. The summed E-state index contributed by atoms with van der Waals surface area (Å²) in [4.78, 5) is 33.3. The Bertz CT molecular complexity index is 623. The van der Waals surface area contributed by atoms with Gasteiger partial charge in [-0.2, -0.15) is 0 Å². The lowest BCUT2D eigenvalue weighted by molar-refractivity contribution is -0.121. The first kappa shape index (κ1) is 24.5. The molecule has 2 aliphatic heterocycles. The Morgan fingerprint density at radius 1 is 1.11 bits per heavy atom. The number of aromatic nitrogens is 1. The van der Waals surface area contributed by atoms with E-state index in [1.165, 1.54) is 12.8 Å². The fraction of sp³-hybridized carbons (Fsp3) is 0.632. The van der Waals surface area contributed by atoms with E-state index in [0.29, 0.717) is 25.1 Å². The average Bonchev–Trinajstić information content (AvgIpc) is 3.21. The number of hydrogen-bond donors (Lipinski definition) is 2. The zero-order chi connectivity index (χ0) is 18.4. The molecule has 1 aromatic rings. The number of carbonyl (C=O) groups excluding carboxylic acids is 2. The van der Waals surface area contributed by atoms with Gasteiger partial charge in [-0.05, 0) is 44.2 Å². The molecule has 28 heavy (non-hydrogen) atoms. The van der Waals surface area contributed by atoms with Crippen molar-refractivity contribution in [3.8, 4) is 0 Å². The van der Waals surface area contributed by atoms with Crippen molar-refractivity contribution >= 4 is 42.4 Å². The lowest BCUT2D eigenvalue weighted by Crippen LogP contribution is -2.49. The van der Waals surface area contributed by atoms with E-state index < -0.39 is 0 Å². The van der Waals surface area contributed by atoms with Crippen LogP contribution in [0.1, 0.15) is 48.9 Å². The maximum absolute atomic E-state index is 13.0. The highest BCUT2D eigenvalue weighted by Crippen LogP contribution is 2.21. The van der Waals surface area contributed by atoms with Gasteiger partial charge in [0.1, 0.15) is 5.82 Å². The molecule has 0 radical (unpaired) electrons. The van der Waals surface area contributed by atoms with E-state index in [1.54, 1.807) is 6.20 Å². The Labute approximate surface area is 179 Å². The summed E-state index contributed by atoms with van der Waals surface area (Å²) >= 11 is 0. The molecule has 7 nitrogen and oxygen atoms in total. The van der Waals surface area contributed by atoms with E-state index in [2.05, 4.69) is 15.2 Å². The molecule has 2 saturated heterocycles. The zero-order valence-corrected chi connectivity index (χ0v) is 17.8. The number of anilines is 1. The number of nitrogens with one attached hydrogen (secondary N) is 1. The van der Waals surface area contributed by atoms with Gasteiger partial charge in [0.15, 0.2) is 0 Å². The lowest BCUT2D eigenvalue weighted by Gasteiger charge is -2.36. The van der Waals surface area contributed by atoms with Crippen molar-refractivity contribution in [2.75, 3.05) is 37.6 Å². The standard InChI is InChI=1S/C19H29N5O2.2ClH/c20-9-8-18(25)22-14-16-5-1-2-12-24(16)19(26)15-6-7-17(21-13-15)23-10-3-4-11-23;;/h6-7,13,16H,1-5,8-12,14,20H2,(H,22,25);2*1H. The number of rotatable bonds is 6. The zero-order valence-electron chi connectivity index (χ0n) is 16.1. The summed E-state index contributed by atoms with van der Waals surface area (Å²) in [6, 6.07) is 3.86. The molecule has 0 aromatic carbocycles. The predicted octanol–water partition coefficient (Wildman–Crippen LogP) is 1.99. The molecule has 1 unspecified atom stereocenters. The Kier molecular flexibility index (Phi) is 10.6. The summed E-state index contributed by atoms with van der Waals surface area (Å²) in [6.45, 7) is 3.64. The van der Waals surface area contributed by atoms with E-state index in [9.17, 15) is 9.59 Å². The van der Waals surface area contributed by atoms with Crippen LogP contribution in [0, 0.1) is 0 Å². The highest BCUT2D eigenvalue weighted by molar-refractivity contribution is 5.94. The Morgan fingerprint density at radius 2 is 1.82 bits per heavy atom. The Morgan fingerprint density at radius 3 is 2.46 bits per heavy atom. The van der Waals surface area contributed by atoms with Gasteiger partial charge in [0.25, 0.3) is 5.91 Å². The average molecular weight is 432 g/mol. The van der Waals surface area contributed by atoms with Crippen LogP contribution in [-0.4, -0.2) is 60.5 Å². The number of nitrogens with two attached hydrogens (primary N) is 1. The predicted molar refractivity (Wildman–Crippen MR) is 116 cm³/mol. The first-order chi connectivity index (χ1) is 12.7. The first-order valence-electron chi connectivity index (χ1n) is 9.68. The Balaban J connectivity index is 0.00000196. The molecule has 0 bridgehead atoms. The molecular formula is C19H31Cl2N5O2. The molecule has 0 saturated carbocycles. The van der Waals surface area contributed by atoms with Crippen LogP contribution in [0.25, 0.3) is 0 Å². The molecule has 2 fully saturated rings. The number of halogens is 2. The van der Waals surface area contributed by atoms with Crippen LogP contribution in [0.5, 0.6) is 0 Å². The highest BCUT2D eigenvalue weighted by Gasteiger charge is 2.28. The van der Waals surface area contributed by atoms with Crippen LogP contribution < -0.4 is 16.0 Å². The number of amides is 2. The second kappa shape index (κ2) is 12.1. The van der Waals surface area contributed by atoms with Crippen LogP contribution in [-0.2, 0) is 4.79 Å². The maximum Gasteiger partial charge on any atom is 0.255 e. The van der Waals surface area contributed by atoms with Crippen molar-refractivity contribution in [1.82, 2.24) is 15.2 Å². The van der Waals surface area contributed by atoms with Crippen molar-refractivity contribution in [2.24, 2.45) is 5.73 Å². The fourth-order valence-electron chi connectivity index (χ4n) is 3.74. The second-order valence-corrected chi connectivity index (χ2v) is 7.09. The topological polar surface area (TPSA) is 91.6 Å². The third-order valence-corrected chi connectivity index (χ3v) is 5.22. The number of likely N-dealkylation sites (tertiary alicyclic amines) is 1. The van der Waals surface area contributed by atoms with Crippen LogP contribution in [0.3, 0.4) is 0 Å². The summed E-state index contributed by atoms with van der Waals surface area (Å²) in [5.74, 6) is 0.897.